The Balaban J connectivity index is 2.18. The van der Waals surface area contributed by atoms with Gasteiger partial charge >= 0.3 is 0 Å². The first-order valence-corrected chi connectivity index (χ1v) is 13.4. The van der Waals surface area contributed by atoms with E-state index in [0.29, 0.717) is 71.3 Å². The number of hydrogen-bond donors (Lipinski definition) is 6. The smallest absolute Gasteiger partial charge is 0.169 e. The minimum Gasteiger partial charge on any atom is -0.507 e. The first-order valence-electron chi connectivity index (χ1n) is 13.4. The minimum absolute atomic E-state index is 0.0312. The van der Waals surface area contributed by atoms with Crippen LogP contribution < -0.4 is 0 Å². The highest BCUT2D eigenvalue weighted by atomic mass is 16.3. The van der Waals surface area contributed by atoms with Gasteiger partial charge in [-0.1, -0.05) is 38.8 Å². The summed E-state index contributed by atoms with van der Waals surface area (Å²) in [5.41, 5.74) is 1.55. The number of hydrogen-bond acceptors (Lipinski definition) is 8. The molecule has 0 spiro atoms. The van der Waals surface area contributed by atoms with E-state index in [-0.39, 0.29) is 44.5 Å². The lowest BCUT2D eigenvalue weighted by Gasteiger charge is -2.22. The number of fused-ring (bicyclic) bond motifs is 2. The van der Waals surface area contributed by atoms with E-state index in [1.807, 2.05) is 13.8 Å². The van der Waals surface area contributed by atoms with E-state index < -0.39 is 23.0 Å². The van der Waals surface area contributed by atoms with Crippen LogP contribution in [0.15, 0.2) is 12.1 Å². The molecule has 0 fully saturated rings. The van der Waals surface area contributed by atoms with Crippen LogP contribution in [0.3, 0.4) is 0 Å². The largest absolute Gasteiger partial charge is 0.507 e. The molecule has 0 bridgehead atoms. The van der Waals surface area contributed by atoms with E-state index in [4.69, 9.17) is 0 Å². The molecular formula is C32H34O8. The number of rotatable bonds is 9. The van der Waals surface area contributed by atoms with Gasteiger partial charge in [0.05, 0.1) is 11.1 Å². The van der Waals surface area contributed by atoms with Gasteiger partial charge in [-0.05, 0) is 61.4 Å². The molecule has 0 radical (unpaired) electrons. The van der Waals surface area contributed by atoms with Gasteiger partial charge in [-0.2, -0.15) is 0 Å². The fourth-order valence-corrected chi connectivity index (χ4v) is 5.73. The Kier molecular flexibility index (Phi) is 7.82. The Hall–Kier alpha value is -4.46. The highest BCUT2D eigenvalue weighted by Crippen LogP contribution is 2.53. The van der Waals surface area contributed by atoms with Gasteiger partial charge in [-0.3, -0.25) is 9.59 Å². The number of phenolic OH excluding ortho intramolecular Hbond substituents is 6. The number of aryl methyl sites for hydroxylation is 4. The second-order valence-electron chi connectivity index (χ2n) is 10.3. The van der Waals surface area contributed by atoms with Crippen molar-refractivity contribution < 1.29 is 40.2 Å². The van der Waals surface area contributed by atoms with Crippen molar-refractivity contribution in [1.29, 1.82) is 0 Å². The van der Waals surface area contributed by atoms with Crippen molar-refractivity contribution >= 4 is 34.1 Å². The SMILES string of the molecule is CCCCc1c(O)c(O)c(C=O)c2c(O)c(-c3c(C)cc4c(CCCC)c(O)c(O)c(C=O)c4c3O)c(C)cc12. The Morgan fingerprint density at radius 3 is 1.23 bits per heavy atom. The van der Waals surface area contributed by atoms with E-state index in [1.165, 1.54) is 0 Å². The maximum Gasteiger partial charge on any atom is 0.169 e. The number of unbranched alkanes of at least 4 members (excludes halogenated alkanes) is 2. The molecule has 4 aromatic carbocycles. The number of aldehydes is 2. The molecule has 4 aromatic rings. The van der Waals surface area contributed by atoms with Gasteiger partial charge in [-0.15, -0.1) is 0 Å². The summed E-state index contributed by atoms with van der Waals surface area (Å²) in [4.78, 5) is 24.1. The van der Waals surface area contributed by atoms with Gasteiger partial charge in [0.2, 0.25) is 0 Å². The molecule has 4 rings (SSSR count). The maximum atomic E-state index is 12.1. The van der Waals surface area contributed by atoms with Crippen molar-refractivity contribution in [3.8, 4) is 45.6 Å². The molecule has 0 aliphatic heterocycles. The predicted molar refractivity (Wildman–Crippen MR) is 154 cm³/mol. The Morgan fingerprint density at radius 2 is 0.925 bits per heavy atom. The molecule has 0 aliphatic carbocycles. The predicted octanol–water partition coefficient (Wildman–Crippen LogP) is 6.82. The van der Waals surface area contributed by atoms with Crippen LogP contribution in [-0.4, -0.2) is 43.2 Å². The molecule has 0 amide bonds. The Bertz CT molecular complexity index is 1560. The minimum atomic E-state index is -0.637. The van der Waals surface area contributed by atoms with E-state index in [2.05, 4.69) is 0 Å². The fourth-order valence-electron chi connectivity index (χ4n) is 5.73. The van der Waals surface area contributed by atoms with Crippen LogP contribution in [0, 0.1) is 13.8 Å². The lowest BCUT2D eigenvalue weighted by molar-refractivity contribution is 0.111. The van der Waals surface area contributed by atoms with Crippen molar-refractivity contribution in [2.75, 3.05) is 0 Å². The van der Waals surface area contributed by atoms with E-state index in [0.717, 1.165) is 12.8 Å². The summed E-state index contributed by atoms with van der Waals surface area (Å²) in [6.07, 6.45) is 4.53. The standard InChI is InChI=1S/C32H34O8/c1-5-7-9-17-19-11-15(3)23(31(39)25(19)21(13-33)29(37)27(17)35)24-16(4)12-20-18(10-8-6-2)28(36)30(38)22(14-34)26(20)32(24)40/h11-14,35-40H,5-10H2,1-4H3. The van der Waals surface area contributed by atoms with Gasteiger partial charge in [0.1, 0.15) is 11.5 Å². The zero-order valence-corrected chi connectivity index (χ0v) is 23.1. The molecule has 0 atom stereocenters. The molecule has 0 heterocycles. The summed E-state index contributed by atoms with van der Waals surface area (Å²) in [5, 5.41) is 66.9. The second-order valence-corrected chi connectivity index (χ2v) is 10.3. The van der Waals surface area contributed by atoms with Crippen LogP contribution in [-0.2, 0) is 12.8 Å². The molecule has 8 nitrogen and oxygen atoms in total. The van der Waals surface area contributed by atoms with E-state index in [1.54, 1.807) is 26.0 Å². The molecule has 8 heteroatoms. The van der Waals surface area contributed by atoms with Crippen molar-refractivity contribution in [2.24, 2.45) is 0 Å². The van der Waals surface area contributed by atoms with Crippen LogP contribution >= 0.6 is 0 Å². The third-order valence-electron chi connectivity index (χ3n) is 7.76. The highest BCUT2D eigenvalue weighted by molar-refractivity contribution is 6.14. The molecule has 0 aliphatic rings. The molecule has 40 heavy (non-hydrogen) atoms. The van der Waals surface area contributed by atoms with Crippen molar-refractivity contribution in [2.45, 2.75) is 66.2 Å². The van der Waals surface area contributed by atoms with Crippen molar-refractivity contribution in [3.05, 3.63) is 45.5 Å². The van der Waals surface area contributed by atoms with Gasteiger partial charge in [0.25, 0.3) is 0 Å². The lowest BCUT2D eigenvalue weighted by Crippen LogP contribution is -2.00. The summed E-state index contributed by atoms with van der Waals surface area (Å²) in [6.45, 7) is 7.36. The molecule has 0 unspecified atom stereocenters. The summed E-state index contributed by atoms with van der Waals surface area (Å²) < 4.78 is 0. The average molecular weight is 547 g/mol. The van der Waals surface area contributed by atoms with Gasteiger partial charge in [0.15, 0.2) is 35.6 Å². The summed E-state index contributed by atoms with van der Waals surface area (Å²) in [6, 6.07) is 3.37. The van der Waals surface area contributed by atoms with Crippen LogP contribution in [0.1, 0.15) is 82.5 Å². The Labute approximate surface area is 231 Å². The third-order valence-corrected chi connectivity index (χ3v) is 7.76. The quantitative estimate of drug-likeness (QED) is 0.0986. The number of phenols is 6. The van der Waals surface area contributed by atoms with Crippen LogP contribution in [0.5, 0.6) is 34.5 Å². The molecule has 0 saturated heterocycles. The second kappa shape index (κ2) is 11.0. The molecule has 6 N–H and O–H groups in total. The first kappa shape index (κ1) is 28.5. The first-order chi connectivity index (χ1) is 19.0. The fraction of sp³-hybridized carbons (Fsp3) is 0.312. The van der Waals surface area contributed by atoms with Crippen molar-refractivity contribution in [3.63, 3.8) is 0 Å². The number of carbonyl (C=O) groups excluding carboxylic acids is 2. The number of benzene rings is 4. The maximum absolute atomic E-state index is 12.1. The van der Waals surface area contributed by atoms with Crippen LogP contribution in [0.2, 0.25) is 0 Å². The zero-order valence-electron chi connectivity index (χ0n) is 23.1. The summed E-state index contributed by atoms with van der Waals surface area (Å²) >= 11 is 0. The molecular weight excluding hydrogens is 512 g/mol. The summed E-state index contributed by atoms with van der Waals surface area (Å²) in [5.74, 6) is -2.87. The van der Waals surface area contributed by atoms with E-state index in [9.17, 15) is 40.2 Å². The Morgan fingerprint density at radius 1 is 0.575 bits per heavy atom. The van der Waals surface area contributed by atoms with Crippen LogP contribution in [0.4, 0.5) is 0 Å². The molecule has 0 saturated carbocycles. The summed E-state index contributed by atoms with van der Waals surface area (Å²) in [7, 11) is 0. The monoisotopic (exact) mass is 546 g/mol. The topological polar surface area (TPSA) is 156 Å². The highest BCUT2D eigenvalue weighted by Gasteiger charge is 2.28. The molecule has 0 aromatic heterocycles. The van der Waals surface area contributed by atoms with E-state index >= 15 is 0 Å². The van der Waals surface area contributed by atoms with Gasteiger partial charge < -0.3 is 30.6 Å². The number of aromatic hydroxyl groups is 6. The normalized spacial score (nSPS) is 11.4. The third kappa shape index (κ3) is 4.24. The van der Waals surface area contributed by atoms with Crippen LogP contribution in [0.25, 0.3) is 32.7 Å². The zero-order chi connectivity index (χ0) is 29.5. The van der Waals surface area contributed by atoms with Gasteiger partial charge in [0, 0.05) is 33.0 Å². The molecule has 210 valence electrons. The van der Waals surface area contributed by atoms with Gasteiger partial charge in [-0.25, -0.2) is 0 Å². The number of carbonyl (C=O) groups is 2. The lowest BCUT2D eigenvalue weighted by atomic mass is 9.84. The average Bonchev–Trinajstić information content (AvgIpc) is 2.92. The van der Waals surface area contributed by atoms with Crippen molar-refractivity contribution in [1.82, 2.24) is 0 Å².